The number of hydrogen-bond acceptors (Lipinski definition) is 2. The van der Waals surface area contributed by atoms with E-state index in [0.717, 1.165) is 30.5 Å². The molecule has 1 aromatic carbocycles. The number of carbonyl (C=O) groups is 1. The molecule has 0 aromatic heterocycles. The molecule has 3 atom stereocenters. The van der Waals surface area contributed by atoms with Crippen molar-refractivity contribution in [1.29, 1.82) is 0 Å². The second-order valence-corrected chi connectivity index (χ2v) is 6.88. The number of rotatable bonds is 4. The van der Waals surface area contributed by atoms with Gasteiger partial charge in [-0.25, -0.2) is 0 Å². The van der Waals surface area contributed by atoms with Gasteiger partial charge >= 0.3 is 0 Å². The van der Waals surface area contributed by atoms with Crippen LogP contribution >= 0.6 is 15.9 Å². The molecule has 2 fully saturated rings. The van der Waals surface area contributed by atoms with Crippen LogP contribution in [0, 0.1) is 11.8 Å². The normalized spacial score (nSPS) is 28.9. The van der Waals surface area contributed by atoms with E-state index in [2.05, 4.69) is 38.7 Å². The number of nitrogens with one attached hydrogen (secondary N) is 2. The summed E-state index contributed by atoms with van der Waals surface area (Å²) in [6, 6.07) is 8.31. The fraction of sp³-hybridized carbons (Fsp3) is 0.562. The van der Waals surface area contributed by atoms with Crippen LogP contribution in [0.4, 0.5) is 0 Å². The molecular formula is C16H21BrN2O. The van der Waals surface area contributed by atoms with Gasteiger partial charge in [0.1, 0.15) is 0 Å². The van der Waals surface area contributed by atoms with Gasteiger partial charge in [0.2, 0.25) is 5.91 Å². The molecule has 0 spiro atoms. The van der Waals surface area contributed by atoms with Crippen molar-refractivity contribution >= 4 is 21.8 Å². The summed E-state index contributed by atoms with van der Waals surface area (Å²) in [4.78, 5) is 12.2. The summed E-state index contributed by atoms with van der Waals surface area (Å²) < 4.78 is 1.09. The molecule has 1 aromatic rings. The molecule has 20 heavy (non-hydrogen) atoms. The standard InChI is InChI=1S/C16H21BrN2O/c17-13-5-1-4-12(7-13)14-8-15(14)16(20)19-10-11-3-2-6-18-9-11/h1,4-5,7,11,14-15,18H,2-3,6,8-10H2,(H,19,20). The van der Waals surface area contributed by atoms with Gasteiger partial charge < -0.3 is 10.6 Å². The topological polar surface area (TPSA) is 41.1 Å². The van der Waals surface area contributed by atoms with Gasteiger partial charge in [0.25, 0.3) is 0 Å². The van der Waals surface area contributed by atoms with Crippen molar-refractivity contribution in [2.75, 3.05) is 19.6 Å². The summed E-state index contributed by atoms with van der Waals surface area (Å²) in [5, 5.41) is 6.53. The Morgan fingerprint density at radius 1 is 1.45 bits per heavy atom. The summed E-state index contributed by atoms with van der Waals surface area (Å²) >= 11 is 3.49. The van der Waals surface area contributed by atoms with Crippen molar-refractivity contribution in [3.8, 4) is 0 Å². The zero-order valence-corrected chi connectivity index (χ0v) is 13.2. The van der Waals surface area contributed by atoms with E-state index >= 15 is 0 Å². The van der Waals surface area contributed by atoms with Crippen LogP contribution in [-0.4, -0.2) is 25.5 Å². The molecule has 1 saturated carbocycles. The van der Waals surface area contributed by atoms with Crippen LogP contribution in [0.15, 0.2) is 28.7 Å². The number of benzene rings is 1. The lowest BCUT2D eigenvalue weighted by Gasteiger charge is -2.22. The molecule has 1 aliphatic heterocycles. The summed E-state index contributed by atoms with van der Waals surface area (Å²) in [7, 11) is 0. The van der Waals surface area contributed by atoms with Crippen molar-refractivity contribution in [2.24, 2.45) is 11.8 Å². The van der Waals surface area contributed by atoms with Crippen LogP contribution in [0.5, 0.6) is 0 Å². The fourth-order valence-electron chi connectivity index (χ4n) is 3.06. The lowest BCUT2D eigenvalue weighted by Crippen LogP contribution is -2.38. The number of hydrogen-bond donors (Lipinski definition) is 2. The molecule has 2 N–H and O–H groups in total. The third-order valence-corrected chi connectivity index (χ3v) is 4.86. The van der Waals surface area contributed by atoms with Gasteiger partial charge in [-0.15, -0.1) is 0 Å². The van der Waals surface area contributed by atoms with Crippen molar-refractivity contribution in [3.63, 3.8) is 0 Å². The van der Waals surface area contributed by atoms with Crippen molar-refractivity contribution in [3.05, 3.63) is 34.3 Å². The molecule has 0 radical (unpaired) electrons. The molecule has 1 amide bonds. The van der Waals surface area contributed by atoms with Crippen LogP contribution in [-0.2, 0) is 4.79 Å². The second kappa shape index (κ2) is 6.27. The Kier molecular flexibility index (Phi) is 4.41. The SMILES string of the molecule is O=C(NCC1CCCNC1)C1CC1c1cccc(Br)c1. The van der Waals surface area contributed by atoms with E-state index in [1.165, 1.54) is 18.4 Å². The van der Waals surface area contributed by atoms with Gasteiger partial charge in [-0.05, 0) is 61.9 Å². The minimum absolute atomic E-state index is 0.181. The highest BCUT2D eigenvalue weighted by atomic mass is 79.9. The summed E-state index contributed by atoms with van der Waals surface area (Å²) in [6.07, 6.45) is 3.45. The largest absolute Gasteiger partial charge is 0.356 e. The molecule has 4 heteroatoms. The van der Waals surface area contributed by atoms with Crippen LogP contribution in [0.1, 0.15) is 30.7 Å². The second-order valence-electron chi connectivity index (χ2n) is 5.96. The highest BCUT2D eigenvalue weighted by Crippen LogP contribution is 2.47. The minimum Gasteiger partial charge on any atom is -0.356 e. The Hall–Kier alpha value is -0.870. The quantitative estimate of drug-likeness (QED) is 0.887. The highest BCUT2D eigenvalue weighted by molar-refractivity contribution is 9.10. The van der Waals surface area contributed by atoms with E-state index in [4.69, 9.17) is 0 Å². The Morgan fingerprint density at radius 3 is 3.10 bits per heavy atom. The number of amides is 1. The number of halogens is 1. The predicted octanol–water partition coefficient (Wildman–Crippen LogP) is 2.67. The van der Waals surface area contributed by atoms with Crippen LogP contribution < -0.4 is 10.6 Å². The van der Waals surface area contributed by atoms with Crippen molar-refractivity contribution in [1.82, 2.24) is 10.6 Å². The minimum atomic E-state index is 0.181. The van der Waals surface area contributed by atoms with Crippen LogP contribution in [0.3, 0.4) is 0 Å². The lowest BCUT2D eigenvalue weighted by molar-refractivity contribution is -0.122. The molecule has 3 unspecified atom stereocenters. The molecule has 1 saturated heterocycles. The third-order valence-electron chi connectivity index (χ3n) is 4.37. The summed E-state index contributed by atoms with van der Waals surface area (Å²) in [5.74, 6) is 1.44. The Morgan fingerprint density at radius 2 is 2.35 bits per heavy atom. The first kappa shape index (κ1) is 14.1. The molecule has 1 aliphatic carbocycles. The highest BCUT2D eigenvalue weighted by Gasteiger charge is 2.43. The summed E-state index contributed by atoms with van der Waals surface area (Å²) in [6.45, 7) is 2.99. The molecule has 108 valence electrons. The van der Waals surface area contributed by atoms with Crippen LogP contribution in [0.25, 0.3) is 0 Å². The monoisotopic (exact) mass is 336 g/mol. The molecule has 0 bridgehead atoms. The first-order valence-corrected chi connectivity index (χ1v) is 8.27. The molecular weight excluding hydrogens is 316 g/mol. The van der Waals surface area contributed by atoms with E-state index < -0.39 is 0 Å². The number of carbonyl (C=O) groups excluding carboxylic acids is 1. The summed E-state index contributed by atoms with van der Waals surface area (Å²) in [5.41, 5.74) is 1.28. The molecule has 3 nitrogen and oxygen atoms in total. The maximum absolute atomic E-state index is 12.2. The van der Waals surface area contributed by atoms with Gasteiger partial charge in [-0.2, -0.15) is 0 Å². The average molecular weight is 337 g/mol. The zero-order valence-electron chi connectivity index (χ0n) is 11.6. The van der Waals surface area contributed by atoms with Gasteiger partial charge in [0, 0.05) is 16.9 Å². The van der Waals surface area contributed by atoms with Gasteiger partial charge in [0.05, 0.1) is 0 Å². The first-order valence-electron chi connectivity index (χ1n) is 7.48. The van der Waals surface area contributed by atoms with Gasteiger partial charge in [-0.3, -0.25) is 4.79 Å². The fourth-order valence-corrected chi connectivity index (χ4v) is 3.48. The molecule has 2 aliphatic rings. The molecule has 1 heterocycles. The number of piperidine rings is 1. The van der Waals surface area contributed by atoms with E-state index in [-0.39, 0.29) is 11.8 Å². The van der Waals surface area contributed by atoms with Crippen molar-refractivity contribution in [2.45, 2.75) is 25.2 Å². The Balaban J connectivity index is 1.47. The smallest absolute Gasteiger partial charge is 0.223 e. The molecule has 3 rings (SSSR count). The average Bonchev–Trinajstić information content (AvgIpc) is 3.26. The van der Waals surface area contributed by atoms with E-state index in [9.17, 15) is 4.79 Å². The first-order chi connectivity index (χ1) is 9.74. The van der Waals surface area contributed by atoms with E-state index in [1.54, 1.807) is 0 Å². The van der Waals surface area contributed by atoms with E-state index in [0.29, 0.717) is 11.8 Å². The Labute approximate surface area is 128 Å². The zero-order chi connectivity index (χ0) is 13.9. The van der Waals surface area contributed by atoms with Crippen LogP contribution in [0.2, 0.25) is 0 Å². The van der Waals surface area contributed by atoms with Crippen molar-refractivity contribution < 1.29 is 4.79 Å². The maximum atomic E-state index is 12.2. The van der Waals surface area contributed by atoms with Gasteiger partial charge in [0.15, 0.2) is 0 Å². The van der Waals surface area contributed by atoms with E-state index in [1.807, 2.05) is 12.1 Å². The predicted molar refractivity (Wildman–Crippen MR) is 83.6 cm³/mol. The maximum Gasteiger partial charge on any atom is 0.223 e. The van der Waals surface area contributed by atoms with Gasteiger partial charge in [-0.1, -0.05) is 28.1 Å². The third kappa shape index (κ3) is 3.41. The lowest BCUT2D eigenvalue weighted by atomic mass is 10.00. The Bertz CT molecular complexity index is 485.